The number of hydrogen-bond acceptors (Lipinski definition) is 6. The number of methoxy groups -OCH3 is 1. The number of hydrogen-bond donors (Lipinski definition) is 0. The molecule has 3 aromatic heterocycles. The fraction of sp³-hybridized carbons (Fsp3) is 0.556. The Morgan fingerprint density at radius 2 is 1.96 bits per heavy atom. The van der Waals surface area contributed by atoms with Gasteiger partial charge in [0.2, 0.25) is 5.88 Å². The van der Waals surface area contributed by atoms with Crippen molar-refractivity contribution in [2.24, 2.45) is 0 Å². The van der Waals surface area contributed by atoms with Crippen molar-refractivity contribution in [1.29, 1.82) is 0 Å². The van der Waals surface area contributed by atoms with Gasteiger partial charge < -0.3 is 9.30 Å². The molecule has 0 N–H and O–H groups in total. The van der Waals surface area contributed by atoms with E-state index in [1.54, 1.807) is 7.11 Å². The van der Waals surface area contributed by atoms with Crippen LogP contribution in [0.1, 0.15) is 49.2 Å². The molecular formula is C18H23N7O. The fourth-order valence-corrected chi connectivity index (χ4v) is 3.87. The van der Waals surface area contributed by atoms with Crippen molar-refractivity contribution in [2.75, 3.05) is 20.2 Å². The van der Waals surface area contributed by atoms with Crippen LogP contribution in [0.5, 0.6) is 5.88 Å². The first-order valence-electron chi connectivity index (χ1n) is 9.31. The second-order valence-electron chi connectivity index (χ2n) is 7.28. The van der Waals surface area contributed by atoms with Gasteiger partial charge in [0, 0.05) is 30.8 Å². The monoisotopic (exact) mass is 353 g/mol. The van der Waals surface area contributed by atoms with Gasteiger partial charge in [-0.25, -0.2) is 4.98 Å². The summed E-state index contributed by atoms with van der Waals surface area (Å²) in [5.74, 6) is 1.92. The van der Waals surface area contributed by atoms with Gasteiger partial charge in [-0.3, -0.25) is 4.90 Å². The molecule has 0 radical (unpaired) electrons. The average molecular weight is 353 g/mol. The number of likely N-dealkylation sites (tertiary alicyclic amines) is 1. The first kappa shape index (κ1) is 15.7. The topological polar surface area (TPSA) is 73.4 Å². The average Bonchev–Trinajstić information content (AvgIpc) is 3.27. The summed E-state index contributed by atoms with van der Waals surface area (Å²) in [7, 11) is 1.63. The number of fused-ring (bicyclic) bond motifs is 1. The van der Waals surface area contributed by atoms with Crippen LogP contribution >= 0.6 is 0 Å². The molecule has 3 aromatic rings. The van der Waals surface area contributed by atoms with Crippen molar-refractivity contribution in [3.8, 4) is 5.88 Å². The lowest BCUT2D eigenvalue weighted by molar-refractivity contribution is 0.196. The zero-order valence-corrected chi connectivity index (χ0v) is 15.0. The molecule has 26 heavy (non-hydrogen) atoms. The number of imidazole rings is 1. The molecule has 1 aliphatic carbocycles. The summed E-state index contributed by atoms with van der Waals surface area (Å²) in [6.45, 7) is 3.09. The molecule has 0 spiro atoms. The first-order valence-corrected chi connectivity index (χ1v) is 9.31. The Bertz CT molecular complexity index is 905. The SMILES string of the molecule is COc1ccc2nnc(C3CCN(Cc4cncn4C4CC4)CC3)n2n1. The van der Waals surface area contributed by atoms with Crippen molar-refractivity contribution >= 4 is 5.65 Å². The van der Waals surface area contributed by atoms with E-state index in [0.717, 1.165) is 43.9 Å². The van der Waals surface area contributed by atoms with Crippen molar-refractivity contribution in [1.82, 2.24) is 34.3 Å². The highest BCUT2D eigenvalue weighted by Crippen LogP contribution is 2.36. The van der Waals surface area contributed by atoms with Crippen LogP contribution in [0.4, 0.5) is 0 Å². The molecule has 2 fully saturated rings. The quantitative estimate of drug-likeness (QED) is 0.699. The number of piperidine rings is 1. The molecule has 1 aliphatic heterocycles. The maximum atomic E-state index is 5.24. The molecular weight excluding hydrogens is 330 g/mol. The largest absolute Gasteiger partial charge is 0.480 e. The number of ether oxygens (including phenoxy) is 1. The van der Waals surface area contributed by atoms with Gasteiger partial charge in [-0.15, -0.1) is 15.3 Å². The molecule has 0 atom stereocenters. The molecule has 0 unspecified atom stereocenters. The van der Waals surface area contributed by atoms with Crippen LogP contribution in [0.25, 0.3) is 5.65 Å². The number of rotatable bonds is 5. The van der Waals surface area contributed by atoms with Crippen LogP contribution in [0.3, 0.4) is 0 Å². The summed E-state index contributed by atoms with van der Waals surface area (Å²) in [5, 5.41) is 13.2. The lowest BCUT2D eigenvalue weighted by atomic mass is 9.96. The Kier molecular flexibility index (Phi) is 3.85. The second-order valence-corrected chi connectivity index (χ2v) is 7.28. The van der Waals surface area contributed by atoms with Crippen LogP contribution in [0, 0.1) is 0 Å². The normalized spacial score (nSPS) is 19.3. The maximum Gasteiger partial charge on any atom is 0.231 e. The standard InChI is InChI=1S/C18H23N7O/c1-26-17-5-4-16-20-21-18(25(16)22-17)13-6-8-23(9-7-13)11-15-10-19-12-24(15)14-2-3-14/h4-5,10,12-14H,2-3,6-9,11H2,1H3. The van der Waals surface area contributed by atoms with E-state index in [1.165, 1.54) is 18.5 Å². The van der Waals surface area contributed by atoms with E-state index in [-0.39, 0.29) is 0 Å². The predicted octanol–water partition coefficient (Wildman–Crippen LogP) is 2.04. The van der Waals surface area contributed by atoms with E-state index in [0.29, 0.717) is 17.8 Å². The molecule has 8 nitrogen and oxygen atoms in total. The zero-order valence-electron chi connectivity index (χ0n) is 15.0. The van der Waals surface area contributed by atoms with Crippen LogP contribution in [-0.4, -0.2) is 54.5 Å². The van der Waals surface area contributed by atoms with Crippen molar-refractivity contribution in [2.45, 2.75) is 44.2 Å². The Hall–Kier alpha value is -2.48. The lowest BCUT2D eigenvalue weighted by Gasteiger charge is -2.31. The molecule has 5 rings (SSSR count). The van der Waals surface area contributed by atoms with E-state index in [2.05, 4.69) is 29.7 Å². The highest BCUT2D eigenvalue weighted by atomic mass is 16.5. The number of aromatic nitrogens is 6. The Labute approximate surface area is 151 Å². The highest BCUT2D eigenvalue weighted by molar-refractivity contribution is 5.38. The molecule has 0 aromatic carbocycles. The van der Waals surface area contributed by atoms with E-state index in [9.17, 15) is 0 Å². The Morgan fingerprint density at radius 3 is 2.73 bits per heavy atom. The van der Waals surface area contributed by atoms with E-state index >= 15 is 0 Å². The van der Waals surface area contributed by atoms with Gasteiger partial charge in [0.05, 0.1) is 19.1 Å². The van der Waals surface area contributed by atoms with E-state index in [4.69, 9.17) is 4.74 Å². The van der Waals surface area contributed by atoms with E-state index < -0.39 is 0 Å². The van der Waals surface area contributed by atoms with Crippen molar-refractivity contribution < 1.29 is 4.74 Å². The maximum absolute atomic E-state index is 5.24. The minimum Gasteiger partial charge on any atom is -0.480 e. The van der Waals surface area contributed by atoms with Crippen molar-refractivity contribution in [3.05, 3.63) is 36.2 Å². The smallest absolute Gasteiger partial charge is 0.231 e. The molecule has 136 valence electrons. The fourth-order valence-electron chi connectivity index (χ4n) is 3.87. The van der Waals surface area contributed by atoms with E-state index in [1.807, 2.05) is 29.2 Å². The minimum absolute atomic E-state index is 0.384. The van der Waals surface area contributed by atoms with Crippen molar-refractivity contribution in [3.63, 3.8) is 0 Å². The van der Waals surface area contributed by atoms with Crippen LogP contribution in [0.15, 0.2) is 24.7 Å². The van der Waals surface area contributed by atoms with Gasteiger partial charge in [0.25, 0.3) is 0 Å². The summed E-state index contributed by atoms with van der Waals surface area (Å²) < 4.78 is 9.43. The number of nitrogens with zero attached hydrogens (tertiary/aromatic N) is 7. The zero-order chi connectivity index (χ0) is 17.5. The first-order chi connectivity index (χ1) is 12.8. The minimum atomic E-state index is 0.384. The molecule has 0 amide bonds. The Balaban J connectivity index is 1.27. The van der Waals surface area contributed by atoms with Gasteiger partial charge >= 0.3 is 0 Å². The summed E-state index contributed by atoms with van der Waals surface area (Å²) in [4.78, 5) is 6.87. The molecule has 1 saturated carbocycles. The molecule has 0 bridgehead atoms. The van der Waals surface area contributed by atoms with Crippen LogP contribution in [-0.2, 0) is 6.54 Å². The van der Waals surface area contributed by atoms with Gasteiger partial charge in [-0.1, -0.05) is 0 Å². The lowest BCUT2D eigenvalue weighted by Crippen LogP contribution is -2.33. The van der Waals surface area contributed by atoms with Crippen LogP contribution < -0.4 is 4.74 Å². The highest BCUT2D eigenvalue weighted by Gasteiger charge is 2.28. The predicted molar refractivity (Wildman–Crippen MR) is 95.1 cm³/mol. The molecule has 1 saturated heterocycles. The summed E-state index contributed by atoms with van der Waals surface area (Å²) >= 11 is 0. The molecule has 8 heteroatoms. The van der Waals surface area contributed by atoms with Gasteiger partial charge in [0.15, 0.2) is 11.5 Å². The second kappa shape index (κ2) is 6.35. The molecule has 4 heterocycles. The third kappa shape index (κ3) is 2.84. The third-order valence-corrected chi connectivity index (χ3v) is 5.50. The van der Waals surface area contributed by atoms with Gasteiger partial charge in [-0.2, -0.15) is 4.52 Å². The summed E-state index contributed by atoms with van der Waals surface area (Å²) in [6.07, 6.45) is 8.73. The molecule has 2 aliphatic rings. The summed E-state index contributed by atoms with van der Waals surface area (Å²) in [5.41, 5.74) is 2.11. The van der Waals surface area contributed by atoms with Crippen LogP contribution in [0.2, 0.25) is 0 Å². The third-order valence-electron chi connectivity index (χ3n) is 5.50. The summed E-state index contributed by atoms with van der Waals surface area (Å²) in [6, 6.07) is 4.41. The Morgan fingerprint density at radius 1 is 1.12 bits per heavy atom. The van der Waals surface area contributed by atoms with Gasteiger partial charge in [0.1, 0.15) is 0 Å². The van der Waals surface area contributed by atoms with Gasteiger partial charge in [-0.05, 0) is 44.8 Å².